The molecule has 0 aliphatic heterocycles. The van der Waals surface area contributed by atoms with Gasteiger partial charge in [-0.05, 0) is 47.2 Å². The number of hydrogen-bond acceptors (Lipinski definition) is 2. The molecule has 98 valence electrons. The molecule has 0 fully saturated rings. The summed E-state index contributed by atoms with van der Waals surface area (Å²) in [6.07, 6.45) is 3.39. The van der Waals surface area contributed by atoms with Crippen LogP contribution >= 0.6 is 11.8 Å². The van der Waals surface area contributed by atoms with Gasteiger partial charge >= 0.3 is 0 Å². The molecule has 2 aromatic rings. The summed E-state index contributed by atoms with van der Waals surface area (Å²) in [6, 6.07) is 17.9. The van der Waals surface area contributed by atoms with Crippen LogP contribution in [0.15, 0.2) is 48.5 Å². The van der Waals surface area contributed by atoms with E-state index in [2.05, 4.69) is 60.1 Å². The molecular formula is C17H19NS. The average Bonchev–Trinajstić information content (AvgIpc) is 2.78. The molecule has 0 aromatic heterocycles. The second-order valence-corrected chi connectivity index (χ2v) is 5.89. The molecule has 0 radical (unpaired) electrons. The first-order chi connectivity index (χ1) is 9.42. The molecule has 1 N–H and O–H groups in total. The van der Waals surface area contributed by atoms with Crippen molar-refractivity contribution in [2.45, 2.75) is 12.5 Å². The van der Waals surface area contributed by atoms with Crippen LogP contribution in [-0.4, -0.2) is 18.6 Å². The fourth-order valence-electron chi connectivity index (χ4n) is 2.84. The highest BCUT2D eigenvalue weighted by molar-refractivity contribution is 7.98. The van der Waals surface area contributed by atoms with E-state index in [1.165, 1.54) is 34.4 Å². The summed E-state index contributed by atoms with van der Waals surface area (Å²) in [5.41, 5.74) is 5.63. The van der Waals surface area contributed by atoms with E-state index in [9.17, 15) is 0 Å². The Kier molecular flexibility index (Phi) is 3.90. The maximum absolute atomic E-state index is 3.72. The van der Waals surface area contributed by atoms with E-state index in [1.54, 1.807) is 0 Å². The lowest BCUT2D eigenvalue weighted by Crippen LogP contribution is -2.22. The summed E-state index contributed by atoms with van der Waals surface area (Å²) in [5, 5.41) is 3.72. The normalized spacial score (nSPS) is 13.3. The van der Waals surface area contributed by atoms with Gasteiger partial charge in [0.15, 0.2) is 0 Å². The van der Waals surface area contributed by atoms with Gasteiger partial charge in [0.25, 0.3) is 0 Å². The van der Waals surface area contributed by atoms with Crippen molar-refractivity contribution in [2.75, 3.05) is 18.6 Å². The number of hydrogen-bond donors (Lipinski definition) is 1. The van der Waals surface area contributed by atoms with Crippen LogP contribution in [0, 0.1) is 0 Å². The molecule has 0 unspecified atom stereocenters. The van der Waals surface area contributed by atoms with E-state index in [0.717, 1.165) is 6.54 Å². The van der Waals surface area contributed by atoms with Gasteiger partial charge in [0.2, 0.25) is 0 Å². The van der Waals surface area contributed by atoms with Gasteiger partial charge in [-0.15, -0.1) is 0 Å². The van der Waals surface area contributed by atoms with Crippen molar-refractivity contribution in [2.24, 2.45) is 0 Å². The molecule has 19 heavy (non-hydrogen) atoms. The van der Waals surface area contributed by atoms with Crippen molar-refractivity contribution in [3.05, 3.63) is 59.7 Å². The van der Waals surface area contributed by atoms with Crippen LogP contribution in [0.1, 0.15) is 23.6 Å². The average molecular weight is 269 g/mol. The second kappa shape index (κ2) is 5.81. The minimum atomic E-state index is 0.370. The van der Waals surface area contributed by atoms with Crippen LogP contribution in [0.5, 0.6) is 0 Å². The molecule has 0 saturated carbocycles. The molecule has 2 aromatic carbocycles. The molecule has 0 bridgehead atoms. The van der Waals surface area contributed by atoms with E-state index in [1.807, 2.05) is 11.8 Å². The van der Waals surface area contributed by atoms with Gasteiger partial charge < -0.3 is 5.32 Å². The van der Waals surface area contributed by atoms with Crippen LogP contribution in [-0.2, 0) is 0 Å². The van der Waals surface area contributed by atoms with Crippen LogP contribution < -0.4 is 5.32 Å². The minimum Gasteiger partial charge on any atom is -0.306 e. The molecule has 0 spiro atoms. The Morgan fingerprint density at radius 1 is 0.947 bits per heavy atom. The Morgan fingerprint density at radius 3 is 2.11 bits per heavy atom. The number of benzene rings is 2. The van der Waals surface area contributed by atoms with E-state index in [-0.39, 0.29) is 0 Å². The summed E-state index contributed by atoms with van der Waals surface area (Å²) in [7, 11) is 0. The maximum Gasteiger partial charge on any atom is 0.0588 e. The van der Waals surface area contributed by atoms with E-state index in [4.69, 9.17) is 0 Å². The van der Waals surface area contributed by atoms with Crippen LogP contribution in [0.25, 0.3) is 11.1 Å². The number of rotatable bonds is 5. The Morgan fingerprint density at radius 2 is 1.53 bits per heavy atom. The number of thioether (sulfide) groups is 1. The predicted octanol–water partition coefficient (Wildman–Crippen LogP) is 4.10. The largest absolute Gasteiger partial charge is 0.306 e. The topological polar surface area (TPSA) is 12.0 Å². The Balaban J connectivity index is 1.87. The van der Waals surface area contributed by atoms with Gasteiger partial charge in [0, 0.05) is 0 Å². The second-order valence-electron chi connectivity index (χ2n) is 4.91. The first-order valence-electron chi connectivity index (χ1n) is 6.82. The van der Waals surface area contributed by atoms with Crippen LogP contribution in [0.2, 0.25) is 0 Å². The summed E-state index contributed by atoms with van der Waals surface area (Å²) in [4.78, 5) is 0. The SMILES string of the molecule is CSCCCNC1c2ccccc2-c2ccccc21. The quantitative estimate of drug-likeness (QED) is 0.820. The van der Waals surface area contributed by atoms with Crippen molar-refractivity contribution < 1.29 is 0 Å². The molecule has 0 amide bonds. The third kappa shape index (κ3) is 2.43. The lowest BCUT2D eigenvalue weighted by Gasteiger charge is -2.15. The fraction of sp³-hybridized carbons (Fsp3) is 0.294. The Labute approximate surface area is 119 Å². The summed E-state index contributed by atoms with van der Waals surface area (Å²) < 4.78 is 0. The third-order valence-electron chi connectivity index (χ3n) is 3.71. The number of fused-ring (bicyclic) bond motifs is 3. The fourth-order valence-corrected chi connectivity index (χ4v) is 3.27. The molecular weight excluding hydrogens is 250 g/mol. The molecule has 3 rings (SSSR count). The lowest BCUT2D eigenvalue weighted by molar-refractivity contribution is 0.610. The predicted molar refractivity (Wildman–Crippen MR) is 84.7 cm³/mol. The Hall–Kier alpha value is -1.25. The first kappa shape index (κ1) is 12.8. The van der Waals surface area contributed by atoms with Crippen LogP contribution in [0.3, 0.4) is 0 Å². The zero-order chi connectivity index (χ0) is 13.1. The first-order valence-corrected chi connectivity index (χ1v) is 8.22. The minimum absolute atomic E-state index is 0.370. The van der Waals surface area contributed by atoms with Gasteiger partial charge in [0.05, 0.1) is 6.04 Å². The summed E-state index contributed by atoms with van der Waals surface area (Å²) in [5.74, 6) is 1.23. The molecule has 0 saturated heterocycles. The Bertz CT molecular complexity index is 519. The van der Waals surface area contributed by atoms with Crippen molar-refractivity contribution in [3.63, 3.8) is 0 Å². The van der Waals surface area contributed by atoms with Gasteiger partial charge in [-0.3, -0.25) is 0 Å². The van der Waals surface area contributed by atoms with Crippen molar-refractivity contribution in [1.29, 1.82) is 0 Å². The molecule has 1 nitrogen and oxygen atoms in total. The molecule has 1 aliphatic carbocycles. The van der Waals surface area contributed by atoms with Gasteiger partial charge in [-0.25, -0.2) is 0 Å². The van der Waals surface area contributed by atoms with Crippen molar-refractivity contribution in [3.8, 4) is 11.1 Å². The van der Waals surface area contributed by atoms with E-state index in [0.29, 0.717) is 6.04 Å². The standard InChI is InChI=1S/C17H19NS/c1-19-12-6-11-18-17-15-9-4-2-7-13(15)14-8-3-5-10-16(14)17/h2-5,7-10,17-18H,6,11-12H2,1H3. The third-order valence-corrected chi connectivity index (χ3v) is 4.40. The van der Waals surface area contributed by atoms with Gasteiger partial charge in [-0.1, -0.05) is 48.5 Å². The summed E-state index contributed by atoms with van der Waals surface area (Å²) >= 11 is 1.92. The van der Waals surface area contributed by atoms with E-state index >= 15 is 0 Å². The van der Waals surface area contributed by atoms with E-state index < -0.39 is 0 Å². The van der Waals surface area contributed by atoms with Crippen LogP contribution in [0.4, 0.5) is 0 Å². The highest BCUT2D eigenvalue weighted by atomic mass is 32.2. The highest BCUT2D eigenvalue weighted by Crippen LogP contribution is 2.42. The molecule has 0 atom stereocenters. The van der Waals surface area contributed by atoms with Crippen molar-refractivity contribution in [1.82, 2.24) is 5.32 Å². The monoisotopic (exact) mass is 269 g/mol. The summed E-state index contributed by atoms with van der Waals surface area (Å²) in [6.45, 7) is 1.08. The smallest absolute Gasteiger partial charge is 0.0588 e. The molecule has 2 heteroatoms. The maximum atomic E-state index is 3.72. The number of nitrogens with one attached hydrogen (secondary N) is 1. The highest BCUT2D eigenvalue weighted by Gasteiger charge is 2.26. The zero-order valence-corrected chi connectivity index (χ0v) is 12.0. The lowest BCUT2D eigenvalue weighted by atomic mass is 10.1. The molecule has 0 heterocycles. The van der Waals surface area contributed by atoms with Gasteiger partial charge in [-0.2, -0.15) is 11.8 Å². The zero-order valence-electron chi connectivity index (χ0n) is 11.2. The van der Waals surface area contributed by atoms with Gasteiger partial charge in [0.1, 0.15) is 0 Å². The van der Waals surface area contributed by atoms with Crippen molar-refractivity contribution >= 4 is 11.8 Å². The molecule has 1 aliphatic rings.